The van der Waals surface area contributed by atoms with Gasteiger partial charge in [0.1, 0.15) is 5.82 Å². The third kappa shape index (κ3) is 3.49. The van der Waals surface area contributed by atoms with E-state index in [-0.39, 0.29) is 16.5 Å². The number of nitrogens with two attached hydrogens (primary N) is 1. The zero-order chi connectivity index (χ0) is 11.3. The molecule has 82 valence electrons. The van der Waals surface area contributed by atoms with Gasteiger partial charge in [0.05, 0.1) is 5.02 Å². The third-order valence-electron chi connectivity index (χ3n) is 1.85. The van der Waals surface area contributed by atoms with Gasteiger partial charge in [0.25, 0.3) is 5.91 Å². The van der Waals surface area contributed by atoms with Crippen molar-refractivity contribution >= 4 is 17.5 Å². The van der Waals surface area contributed by atoms with E-state index < -0.39 is 5.82 Å². The molecule has 1 amide bonds. The molecule has 0 bridgehead atoms. The molecule has 0 spiro atoms. The first kappa shape index (κ1) is 11.9. The summed E-state index contributed by atoms with van der Waals surface area (Å²) >= 11 is 5.49. The number of benzene rings is 1. The fourth-order valence-corrected chi connectivity index (χ4v) is 1.16. The Hall–Kier alpha value is -1.13. The van der Waals surface area contributed by atoms with Crippen molar-refractivity contribution in [2.24, 2.45) is 5.73 Å². The van der Waals surface area contributed by atoms with Crippen LogP contribution < -0.4 is 11.1 Å². The number of rotatable bonds is 4. The van der Waals surface area contributed by atoms with Gasteiger partial charge in [-0.25, -0.2) is 4.39 Å². The number of nitrogens with one attached hydrogen (secondary N) is 1. The summed E-state index contributed by atoms with van der Waals surface area (Å²) in [7, 11) is 0. The molecule has 0 aliphatic rings. The number of hydrogen-bond donors (Lipinski definition) is 2. The maximum absolute atomic E-state index is 13.0. The number of hydrogen-bond acceptors (Lipinski definition) is 2. The van der Waals surface area contributed by atoms with Gasteiger partial charge >= 0.3 is 0 Å². The van der Waals surface area contributed by atoms with Crippen LogP contribution in [0.15, 0.2) is 18.2 Å². The van der Waals surface area contributed by atoms with E-state index in [0.29, 0.717) is 19.5 Å². The van der Waals surface area contributed by atoms with Gasteiger partial charge in [-0.05, 0) is 31.2 Å². The monoisotopic (exact) mass is 230 g/mol. The van der Waals surface area contributed by atoms with E-state index in [9.17, 15) is 9.18 Å². The summed E-state index contributed by atoms with van der Waals surface area (Å²) in [5, 5.41) is 2.63. The van der Waals surface area contributed by atoms with Gasteiger partial charge in [0, 0.05) is 12.1 Å². The number of carbonyl (C=O) groups is 1. The highest BCUT2D eigenvalue weighted by Crippen LogP contribution is 2.15. The molecule has 3 N–H and O–H groups in total. The highest BCUT2D eigenvalue weighted by Gasteiger charge is 2.07. The number of halogens is 2. The highest BCUT2D eigenvalue weighted by atomic mass is 35.5. The average molecular weight is 231 g/mol. The molecule has 0 fully saturated rings. The Balaban J connectivity index is 2.62. The van der Waals surface area contributed by atoms with E-state index in [2.05, 4.69) is 5.32 Å². The lowest BCUT2D eigenvalue weighted by atomic mass is 10.2. The van der Waals surface area contributed by atoms with Gasteiger partial charge in [-0.3, -0.25) is 4.79 Å². The predicted molar refractivity (Wildman–Crippen MR) is 57.4 cm³/mol. The minimum atomic E-state index is -0.594. The predicted octanol–water partition coefficient (Wildman–Crippen LogP) is 1.56. The fraction of sp³-hybridized carbons (Fsp3) is 0.300. The Morgan fingerprint density at radius 1 is 1.53 bits per heavy atom. The summed E-state index contributed by atoms with van der Waals surface area (Å²) < 4.78 is 13.0. The summed E-state index contributed by atoms with van der Waals surface area (Å²) in [6.07, 6.45) is 0.696. The SMILES string of the molecule is NCCCNC(=O)c1ccc(Cl)c(F)c1. The van der Waals surface area contributed by atoms with E-state index in [1.165, 1.54) is 12.1 Å². The average Bonchev–Trinajstić information content (AvgIpc) is 2.22. The van der Waals surface area contributed by atoms with Crippen LogP contribution in [0.1, 0.15) is 16.8 Å². The highest BCUT2D eigenvalue weighted by molar-refractivity contribution is 6.30. The van der Waals surface area contributed by atoms with Crippen LogP contribution in [-0.4, -0.2) is 19.0 Å². The van der Waals surface area contributed by atoms with Crippen molar-refractivity contribution in [2.75, 3.05) is 13.1 Å². The molecule has 0 unspecified atom stereocenters. The van der Waals surface area contributed by atoms with Gasteiger partial charge in [0.15, 0.2) is 0 Å². The van der Waals surface area contributed by atoms with Crippen LogP contribution in [0.3, 0.4) is 0 Å². The molecule has 0 radical (unpaired) electrons. The largest absolute Gasteiger partial charge is 0.352 e. The molecule has 15 heavy (non-hydrogen) atoms. The smallest absolute Gasteiger partial charge is 0.251 e. The topological polar surface area (TPSA) is 55.1 Å². The Kier molecular flexibility index (Phi) is 4.52. The van der Waals surface area contributed by atoms with Gasteiger partial charge < -0.3 is 11.1 Å². The molecule has 1 aromatic rings. The summed E-state index contributed by atoms with van der Waals surface area (Å²) in [5.74, 6) is -0.915. The molecule has 0 saturated carbocycles. The molecule has 0 heterocycles. The Morgan fingerprint density at radius 3 is 2.87 bits per heavy atom. The van der Waals surface area contributed by atoms with Crippen LogP contribution in [-0.2, 0) is 0 Å². The first-order valence-electron chi connectivity index (χ1n) is 4.58. The van der Waals surface area contributed by atoms with Crippen molar-refractivity contribution in [2.45, 2.75) is 6.42 Å². The zero-order valence-corrected chi connectivity index (χ0v) is 8.85. The first-order chi connectivity index (χ1) is 7.15. The first-order valence-corrected chi connectivity index (χ1v) is 4.96. The van der Waals surface area contributed by atoms with E-state index in [0.717, 1.165) is 6.07 Å². The maximum atomic E-state index is 13.0. The second kappa shape index (κ2) is 5.68. The summed E-state index contributed by atoms with van der Waals surface area (Å²) in [6.45, 7) is 0.995. The molecule has 0 saturated heterocycles. The van der Waals surface area contributed by atoms with Gasteiger partial charge in [0.2, 0.25) is 0 Å². The molecule has 1 aromatic carbocycles. The second-order valence-electron chi connectivity index (χ2n) is 3.03. The van der Waals surface area contributed by atoms with E-state index >= 15 is 0 Å². The lowest BCUT2D eigenvalue weighted by Crippen LogP contribution is -2.25. The molecule has 1 rings (SSSR count). The third-order valence-corrected chi connectivity index (χ3v) is 2.15. The minimum absolute atomic E-state index is 0.00788. The molecule has 3 nitrogen and oxygen atoms in total. The van der Waals surface area contributed by atoms with Crippen molar-refractivity contribution in [3.63, 3.8) is 0 Å². The van der Waals surface area contributed by atoms with E-state index in [4.69, 9.17) is 17.3 Å². The molecule has 5 heteroatoms. The molecule has 0 aromatic heterocycles. The van der Waals surface area contributed by atoms with Crippen LogP contribution in [0, 0.1) is 5.82 Å². The lowest BCUT2D eigenvalue weighted by molar-refractivity contribution is 0.0953. The minimum Gasteiger partial charge on any atom is -0.352 e. The van der Waals surface area contributed by atoms with Crippen molar-refractivity contribution in [1.82, 2.24) is 5.32 Å². The molecule has 0 atom stereocenters. The summed E-state index contributed by atoms with van der Waals surface area (Å²) in [4.78, 5) is 11.4. The number of carbonyl (C=O) groups excluding carboxylic acids is 1. The van der Waals surface area contributed by atoms with Crippen LogP contribution >= 0.6 is 11.6 Å². The van der Waals surface area contributed by atoms with Gasteiger partial charge in [-0.15, -0.1) is 0 Å². The van der Waals surface area contributed by atoms with Crippen LogP contribution in [0.2, 0.25) is 5.02 Å². The quantitative estimate of drug-likeness (QED) is 0.772. The zero-order valence-electron chi connectivity index (χ0n) is 8.09. The van der Waals surface area contributed by atoms with Crippen LogP contribution in [0.25, 0.3) is 0 Å². The molecule has 0 aliphatic carbocycles. The normalized spacial score (nSPS) is 10.1. The number of amides is 1. The van der Waals surface area contributed by atoms with Crippen LogP contribution in [0.5, 0.6) is 0 Å². The van der Waals surface area contributed by atoms with Crippen molar-refractivity contribution in [3.05, 3.63) is 34.6 Å². The van der Waals surface area contributed by atoms with E-state index in [1.54, 1.807) is 0 Å². The summed E-state index contributed by atoms with van der Waals surface area (Å²) in [6, 6.07) is 3.94. The summed E-state index contributed by atoms with van der Waals surface area (Å²) in [5.41, 5.74) is 5.53. The Morgan fingerprint density at radius 2 is 2.27 bits per heavy atom. The van der Waals surface area contributed by atoms with E-state index in [1.807, 2.05) is 0 Å². The molecule has 0 aliphatic heterocycles. The van der Waals surface area contributed by atoms with Gasteiger partial charge in [-0.2, -0.15) is 0 Å². The van der Waals surface area contributed by atoms with Crippen molar-refractivity contribution in [3.8, 4) is 0 Å². The van der Waals surface area contributed by atoms with Crippen molar-refractivity contribution in [1.29, 1.82) is 0 Å². The maximum Gasteiger partial charge on any atom is 0.251 e. The molecular weight excluding hydrogens is 219 g/mol. The molecular formula is C10H12ClFN2O. The van der Waals surface area contributed by atoms with Crippen molar-refractivity contribution < 1.29 is 9.18 Å². The Bertz CT molecular complexity index is 357. The lowest BCUT2D eigenvalue weighted by Gasteiger charge is -2.04. The van der Waals surface area contributed by atoms with Crippen LogP contribution in [0.4, 0.5) is 4.39 Å². The fourth-order valence-electron chi connectivity index (χ4n) is 1.04. The van der Waals surface area contributed by atoms with Gasteiger partial charge in [-0.1, -0.05) is 11.6 Å². The second-order valence-corrected chi connectivity index (χ2v) is 3.43. The standard InChI is InChI=1S/C10H12ClFN2O/c11-8-3-2-7(6-9(8)12)10(15)14-5-1-4-13/h2-3,6H,1,4-5,13H2,(H,14,15). The Labute approximate surface area is 92.4 Å².